The molecule has 7 nitrogen and oxygen atoms in total. The molecule has 0 unspecified atom stereocenters. The molecule has 1 aromatic heterocycles. The van der Waals surface area contributed by atoms with E-state index in [-0.39, 0.29) is 11.4 Å². The number of hydrogen-bond acceptors (Lipinski definition) is 6. The molecule has 0 amide bonds. The van der Waals surface area contributed by atoms with E-state index in [4.69, 9.17) is 10.5 Å². The molecule has 20 heavy (non-hydrogen) atoms. The predicted molar refractivity (Wildman–Crippen MR) is 70.7 cm³/mol. The largest absolute Gasteiger partial charge is 0.497 e. The van der Waals surface area contributed by atoms with Crippen molar-refractivity contribution in [3.05, 3.63) is 41.6 Å². The van der Waals surface area contributed by atoms with Crippen LogP contribution in [0.25, 0.3) is 0 Å². The van der Waals surface area contributed by atoms with Gasteiger partial charge in [-0.2, -0.15) is 9.78 Å². The van der Waals surface area contributed by atoms with Crippen molar-refractivity contribution >= 4 is 17.7 Å². The molecule has 0 bridgehead atoms. The summed E-state index contributed by atoms with van der Waals surface area (Å²) in [4.78, 5) is 23.6. The number of hydrogen-bond donors (Lipinski definition) is 1. The number of nitrogens with two attached hydrogens (primary N) is 1. The summed E-state index contributed by atoms with van der Waals surface area (Å²) < 4.78 is 10.5. The number of carbonyl (C=O) groups excluding carboxylic acids is 2. The van der Waals surface area contributed by atoms with Crippen LogP contribution in [-0.2, 0) is 4.74 Å². The predicted octanol–water partition coefficient (Wildman–Crippen LogP) is 0.949. The Balaban J connectivity index is 2.33. The number of anilines is 1. The number of rotatable bonds is 3. The zero-order chi connectivity index (χ0) is 14.7. The number of benzene rings is 1. The van der Waals surface area contributed by atoms with Gasteiger partial charge in [0.15, 0.2) is 0 Å². The van der Waals surface area contributed by atoms with Gasteiger partial charge in [0.25, 0.3) is 5.91 Å². The smallest absolute Gasteiger partial charge is 0.343 e. The van der Waals surface area contributed by atoms with Crippen LogP contribution in [0.4, 0.5) is 5.82 Å². The van der Waals surface area contributed by atoms with Crippen LogP contribution in [-0.4, -0.2) is 35.9 Å². The highest BCUT2D eigenvalue weighted by Gasteiger charge is 2.20. The van der Waals surface area contributed by atoms with Crippen molar-refractivity contribution in [1.82, 2.24) is 9.78 Å². The second kappa shape index (κ2) is 5.43. The molecule has 0 atom stereocenters. The van der Waals surface area contributed by atoms with E-state index in [9.17, 15) is 9.59 Å². The number of methoxy groups -OCH3 is 2. The SMILES string of the molecule is COC(=O)c1cnn(C(=O)c2ccc(OC)cc2)c1N. The summed E-state index contributed by atoms with van der Waals surface area (Å²) in [6, 6.07) is 6.46. The Morgan fingerprint density at radius 2 is 1.85 bits per heavy atom. The maximum absolute atomic E-state index is 12.2. The van der Waals surface area contributed by atoms with Gasteiger partial charge >= 0.3 is 5.97 Å². The van der Waals surface area contributed by atoms with Crippen molar-refractivity contribution < 1.29 is 19.1 Å². The average Bonchev–Trinajstić information content (AvgIpc) is 2.87. The van der Waals surface area contributed by atoms with Crippen LogP contribution in [0, 0.1) is 0 Å². The molecule has 0 fully saturated rings. The number of nitrogen functional groups attached to an aromatic ring is 1. The van der Waals surface area contributed by atoms with Gasteiger partial charge in [-0.25, -0.2) is 4.79 Å². The van der Waals surface area contributed by atoms with Gasteiger partial charge in [0.1, 0.15) is 17.1 Å². The van der Waals surface area contributed by atoms with E-state index < -0.39 is 11.9 Å². The normalized spacial score (nSPS) is 10.1. The van der Waals surface area contributed by atoms with E-state index in [1.54, 1.807) is 24.3 Å². The standard InChI is InChI=1S/C13H13N3O4/c1-19-9-5-3-8(4-6-9)12(17)16-11(14)10(7-15-16)13(18)20-2/h3-7H,14H2,1-2H3. The van der Waals surface area contributed by atoms with Crippen LogP contribution >= 0.6 is 0 Å². The van der Waals surface area contributed by atoms with Crippen molar-refractivity contribution in [3.63, 3.8) is 0 Å². The fourth-order valence-corrected chi connectivity index (χ4v) is 1.64. The number of carbonyl (C=O) groups is 2. The lowest BCUT2D eigenvalue weighted by atomic mass is 10.2. The Kier molecular flexibility index (Phi) is 3.69. The minimum absolute atomic E-state index is 0.0503. The second-order valence-corrected chi connectivity index (χ2v) is 3.88. The third-order valence-corrected chi connectivity index (χ3v) is 2.74. The summed E-state index contributed by atoms with van der Waals surface area (Å²) in [7, 11) is 2.76. The molecular formula is C13H13N3O4. The highest BCUT2D eigenvalue weighted by molar-refractivity contribution is 6.01. The third kappa shape index (κ3) is 2.33. The van der Waals surface area contributed by atoms with E-state index in [2.05, 4.69) is 9.84 Å². The molecule has 0 saturated carbocycles. The second-order valence-electron chi connectivity index (χ2n) is 3.88. The Bertz CT molecular complexity index is 646. The van der Waals surface area contributed by atoms with Crippen molar-refractivity contribution in [2.45, 2.75) is 0 Å². The number of ether oxygens (including phenoxy) is 2. The van der Waals surface area contributed by atoms with Crippen LogP contribution in [0.5, 0.6) is 5.75 Å². The average molecular weight is 275 g/mol. The Morgan fingerprint density at radius 3 is 2.40 bits per heavy atom. The molecule has 0 aliphatic rings. The number of esters is 1. The summed E-state index contributed by atoms with van der Waals surface area (Å²) >= 11 is 0. The summed E-state index contributed by atoms with van der Waals surface area (Å²) in [6.07, 6.45) is 1.20. The van der Waals surface area contributed by atoms with Gasteiger partial charge in [-0.15, -0.1) is 0 Å². The minimum atomic E-state index is -0.642. The molecule has 104 valence electrons. The maximum atomic E-state index is 12.2. The Hall–Kier alpha value is -2.83. The maximum Gasteiger partial charge on any atom is 0.343 e. The van der Waals surface area contributed by atoms with Gasteiger partial charge in [0, 0.05) is 5.56 Å². The van der Waals surface area contributed by atoms with Gasteiger partial charge in [-0.3, -0.25) is 4.79 Å². The summed E-state index contributed by atoms with van der Waals surface area (Å²) in [5.41, 5.74) is 6.15. The van der Waals surface area contributed by atoms with E-state index in [1.165, 1.54) is 20.4 Å². The monoisotopic (exact) mass is 275 g/mol. The van der Waals surface area contributed by atoms with E-state index >= 15 is 0 Å². The zero-order valence-corrected chi connectivity index (χ0v) is 11.0. The highest BCUT2D eigenvalue weighted by Crippen LogP contribution is 2.16. The summed E-state index contributed by atoms with van der Waals surface area (Å²) in [5.74, 6) is -0.514. The van der Waals surface area contributed by atoms with E-state index in [0.29, 0.717) is 11.3 Å². The fraction of sp³-hybridized carbons (Fsp3) is 0.154. The van der Waals surface area contributed by atoms with Gasteiger partial charge in [0.2, 0.25) is 0 Å². The lowest BCUT2D eigenvalue weighted by Crippen LogP contribution is -2.17. The van der Waals surface area contributed by atoms with E-state index in [0.717, 1.165) is 4.68 Å². The molecule has 0 radical (unpaired) electrons. The number of nitrogens with zero attached hydrogens (tertiary/aromatic N) is 2. The van der Waals surface area contributed by atoms with Crippen LogP contribution < -0.4 is 10.5 Å². The Morgan fingerprint density at radius 1 is 1.20 bits per heavy atom. The molecule has 0 aliphatic heterocycles. The fourth-order valence-electron chi connectivity index (χ4n) is 1.64. The molecule has 1 aromatic carbocycles. The molecule has 0 spiro atoms. The molecule has 2 rings (SSSR count). The lowest BCUT2D eigenvalue weighted by Gasteiger charge is -2.05. The van der Waals surface area contributed by atoms with Crippen LogP contribution in [0.1, 0.15) is 20.7 Å². The molecule has 1 heterocycles. The van der Waals surface area contributed by atoms with Crippen LogP contribution in [0.15, 0.2) is 30.5 Å². The first-order valence-electron chi connectivity index (χ1n) is 5.69. The van der Waals surface area contributed by atoms with Gasteiger partial charge in [-0.1, -0.05) is 0 Å². The van der Waals surface area contributed by atoms with Crippen LogP contribution in [0.2, 0.25) is 0 Å². The van der Waals surface area contributed by atoms with Gasteiger partial charge < -0.3 is 15.2 Å². The van der Waals surface area contributed by atoms with Gasteiger partial charge in [-0.05, 0) is 24.3 Å². The molecular weight excluding hydrogens is 262 g/mol. The first-order chi connectivity index (χ1) is 9.58. The number of aromatic nitrogens is 2. The molecule has 0 saturated heterocycles. The van der Waals surface area contributed by atoms with Crippen LogP contribution in [0.3, 0.4) is 0 Å². The molecule has 7 heteroatoms. The van der Waals surface area contributed by atoms with Gasteiger partial charge in [0.05, 0.1) is 20.4 Å². The topological polar surface area (TPSA) is 96.4 Å². The highest BCUT2D eigenvalue weighted by atomic mass is 16.5. The summed E-state index contributed by atoms with van der Waals surface area (Å²) in [5, 5.41) is 3.81. The minimum Gasteiger partial charge on any atom is -0.497 e. The lowest BCUT2D eigenvalue weighted by molar-refractivity contribution is 0.0602. The quantitative estimate of drug-likeness (QED) is 0.838. The van der Waals surface area contributed by atoms with Crippen molar-refractivity contribution in [1.29, 1.82) is 0 Å². The Labute approximate surface area is 114 Å². The molecule has 2 N–H and O–H groups in total. The zero-order valence-electron chi connectivity index (χ0n) is 11.0. The first-order valence-corrected chi connectivity index (χ1v) is 5.69. The molecule has 0 aliphatic carbocycles. The van der Waals surface area contributed by atoms with Crippen molar-refractivity contribution in [3.8, 4) is 5.75 Å². The third-order valence-electron chi connectivity index (χ3n) is 2.74. The summed E-state index contributed by atoms with van der Waals surface area (Å²) in [6.45, 7) is 0. The van der Waals surface area contributed by atoms with Crippen molar-refractivity contribution in [2.24, 2.45) is 0 Å². The van der Waals surface area contributed by atoms with E-state index in [1.807, 2.05) is 0 Å². The molecule has 2 aromatic rings. The van der Waals surface area contributed by atoms with Crippen molar-refractivity contribution in [2.75, 3.05) is 20.0 Å². The first kappa shape index (κ1) is 13.6.